The van der Waals surface area contributed by atoms with Crippen LogP contribution in [0.5, 0.6) is 11.6 Å². The maximum absolute atomic E-state index is 5.41. The lowest BCUT2D eigenvalue weighted by Gasteiger charge is -2.09. The number of hydrogen-bond acceptors (Lipinski definition) is 4. The highest BCUT2D eigenvalue weighted by molar-refractivity contribution is 5.36. The van der Waals surface area contributed by atoms with Gasteiger partial charge in [-0.2, -0.15) is 0 Å². The lowest BCUT2D eigenvalue weighted by atomic mass is 10.2. The van der Waals surface area contributed by atoms with Crippen molar-refractivity contribution < 1.29 is 14.2 Å². The summed E-state index contributed by atoms with van der Waals surface area (Å²) in [4.78, 5) is 4.19. The largest absolute Gasteiger partial charge is 0.491 e. The average Bonchev–Trinajstić information content (AvgIpc) is 2.29. The molecule has 0 unspecified atom stereocenters. The van der Waals surface area contributed by atoms with Crippen LogP contribution in [0.4, 0.5) is 0 Å². The van der Waals surface area contributed by atoms with Crippen LogP contribution in [-0.2, 0) is 11.2 Å². The van der Waals surface area contributed by atoms with Gasteiger partial charge in [0.1, 0.15) is 6.61 Å². The Morgan fingerprint density at radius 3 is 2.67 bits per heavy atom. The molecule has 0 aliphatic rings. The molecule has 15 heavy (non-hydrogen) atoms. The Bertz CT molecular complexity index is 302. The van der Waals surface area contributed by atoms with Crippen molar-refractivity contribution >= 4 is 0 Å². The maximum Gasteiger partial charge on any atom is 0.257 e. The summed E-state index contributed by atoms with van der Waals surface area (Å²) < 4.78 is 15.5. The van der Waals surface area contributed by atoms with Crippen LogP contribution in [0.2, 0.25) is 0 Å². The van der Waals surface area contributed by atoms with Crippen molar-refractivity contribution in [2.24, 2.45) is 0 Å². The quantitative estimate of drug-likeness (QED) is 0.671. The number of hydrogen-bond donors (Lipinski definition) is 0. The SMILES string of the molecule is CCc1cnc(OCCOC)c(OC)c1. The first kappa shape index (κ1) is 11.8. The van der Waals surface area contributed by atoms with E-state index in [2.05, 4.69) is 11.9 Å². The summed E-state index contributed by atoms with van der Waals surface area (Å²) in [6.07, 6.45) is 2.73. The van der Waals surface area contributed by atoms with Crippen molar-refractivity contribution in [3.8, 4) is 11.6 Å². The number of methoxy groups -OCH3 is 2. The van der Waals surface area contributed by atoms with Gasteiger partial charge in [0.2, 0.25) is 0 Å². The Balaban J connectivity index is 2.69. The van der Waals surface area contributed by atoms with Crippen molar-refractivity contribution in [2.75, 3.05) is 27.4 Å². The normalized spacial score (nSPS) is 10.1. The second kappa shape index (κ2) is 6.24. The molecule has 84 valence electrons. The van der Waals surface area contributed by atoms with E-state index in [-0.39, 0.29) is 0 Å². The van der Waals surface area contributed by atoms with E-state index in [0.29, 0.717) is 24.8 Å². The molecule has 0 aliphatic carbocycles. The summed E-state index contributed by atoms with van der Waals surface area (Å²) in [7, 11) is 3.24. The number of rotatable bonds is 6. The van der Waals surface area contributed by atoms with E-state index in [1.165, 1.54) is 0 Å². The molecule has 1 heterocycles. The fraction of sp³-hybridized carbons (Fsp3) is 0.545. The highest BCUT2D eigenvalue weighted by atomic mass is 16.5. The number of ether oxygens (including phenoxy) is 3. The summed E-state index contributed by atoms with van der Waals surface area (Å²) in [5.74, 6) is 1.19. The zero-order valence-corrected chi connectivity index (χ0v) is 9.45. The molecular formula is C11H17NO3. The molecule has 0 N–H and O–H groups in total. The predicted octanol–water partition coefficient (Wildman–Crippen LogP) is 1.68. The zero-order chi connectivity index (χ0) is 11.1. The van der Waals surface area contributed by atoms with Gasteiger partial charge < -0.3 is 14.2 Å². The summed E-state index contributed by atoms with van der Waals surface area (Å²) >= 11 is 0. The van der Waals surface area contributed by atoms with Gasteiger partial charge in [0.05, 0.1) is 13.7 Å². The van der Waals surface area contributed by atoms with E-state index in [9.17, 15) is 0 Å². The molecule has 4 nitrogen and oxygen atoms in total. The molecule has 0 atom stereocenters. The molecule has 0 fully saturated rings. The Kier molecular flexibility index (Phi) is 4.90. The number of pyridine rings is 1. The molecule has 1 aromatic rings. The van der Waals surface area contributed by atoms with Crippen molar-refractivity contribution in [2.45, 2.75) is 13.3 Å². The first-order valence-electron chi connectivity index (χ1n) is 4.96. The van der Waals surface area contributed by atoms with Gasteiger partial charge in [-0.15, -0.1) is 0 Å². The van der Waals surface area contributed by atoms with E-state index >= 15 is 0 Å². The van der Waals surface area contributed by atoms with E-state index in [1.807, 2.05) is 6.07 Å². The molecule has 0 amide bonds. The van der Waals surface area contributed by atoms with Crippen LogP contribution in [0.1, 0.15) is 12.5 Å². The topological polar surface area (TPSA) is 40.6 Å². The molecule has 1 aromatic heterocycles. The van der Waals surface area contributed by atoms with Gasteiger partial charge >= 0.3 is 0 Å². The minimum absolute atomic E-state index is 0.478. The fourth-order valence-corrected chi connectivity index (χ4v) is 1.14. The van der Waals surface area contributed by atoms with Crippen molar-refractivity contribution in [1.82, 2.24) is 4.98 Å². The van der Waals surface area contributed by atoms with Crippen LogP contribution in [0.25, 0.3) is 0 Å². The van der Waals surface area contributed by atoms with Crippen molar-refractivity contribution in [3.63, 3.8) is 0 Å². The minimum Gasteiger partial charge on any atom is -0.491 e. The Hall–Kier alpha value is -1.29. The molecule has 0 aromatic carbocycles. The molecule has 0 bridgehead atoms. The number of aromatic nitrogens is 1. The highest BCUT2D eigenvalue weighted by Crippen LogP contribution is 2.24. The van der Waals surface area contributed by atoms with Crippen molar-refractivity contribution in [3.05, 3.63) is 17.8 Å². The van der Waals surface area contributed by atoms with Crippen LogP contribution in [0.15, 0.2) is 12.3 Å². The third-order valence-corrected chi connectivity index (χ3v) is 2.03. The Labute approximate surface area is 90.2 Å². The van der Waals surface area contributed by atoms with E-state index in [0.717, 1.165) is 12.0 Å². The number of nitrogens with zero attached hydrogens (tertiary/aromatic N) is 1. The minimum atomic E-state index is 0.478. The average molecular weight is 211 g/mol. The van der Waals surface area contributed by atoms with Crippen LogP contribution < -0.4 is 9.47 Å². The van der Waals surface area contributed by atoms with Crippen LogP contribution in [0, 0.1) is 0 Å². The lowest BCUT2D eigenvalue weighted by Crippen LogP contribution is -2.06. The Morgan fingerprint density at radius 2 is 2.07 bits per heavy atom. The summed E-state index contributed by atoms with van der Waals surface area (Å²) in [5, 5.41) is 0. The highest BCUT2D eigenvalue weighted by Gasteiger charge is 2.06. The Morgan fingerprint density at radius 1 is 1.27 bits per heavy atom. The summed E-state index contributed by atoms with van der Waals surface area (Å²) in [6, 6.07) is 1.94. The van der Waals surface area contributed by atoms with Gasteiger partial charge in [-0.05, 0) is 18.1 Å². The fourth-order valence-electron chi connectivity index (χ4n) is 1.14. The first-order chi connectivity index (χ1) is 7.31. The van der Waals surface area contributed by atoms with Gasteiger partial charge in [-0.1, -0.05) is 6.92 Å². The van der Waals surface area contributed by atoms with Crippen molar-refractivity contribution in [1.29, 1.82) is 0 Å². The van der Waals surface area contributed by atoms with Crippen LogP contribution >= 0.6 is 0 Å². The summed E-state index contributed by atoms with van der Waals surface area (Å²) in [6.45, 7) is 3.09. The van der Waals surface area contributed by atoms with Gasteiger partial charge in [0.15, 0.2) is 5.75 Å². The molecule has 1 rings (SSSR count). The predicted molar refractivity (Wildman–Crippen MR) is 57.5 cm³/mol. The maximum atomic E-state index is 5.41. The first-order valence-corrected chi connectivity index (χ1v) is 4.96. The van der Waals surface area contributed by atoms with Gasteiger partial charge in [0, 0.05) is 13.3 Å². The molecule has 0 spiro atoms. The molecule has 4 heteroatoms. The zero-order valence-electron chi connectivity index (χ0n) is 9.45. The standard InChI is InChI=1S/C11H17NO3/c1-4-9-7-10(14-3)11(12-8-9)15-6-5-13-2/h7-8H,4-6H2,1-3H3. The van der Waals surface area contributed by atoms with Crippen LogP contribution in [-0.4, -0.2) is 32.4 Å². The van der Waals surface area contributed by atoms with Gasteiger partial charge in [-0.25, -0.2) is 4.98 Å². The number of aryl methyl sites for hydroxylation is 1. The van der Waals surface area contributed by atoms with E-state index in [1.54, 1.807) is 20.4 Å². The second-order valence-corrected chi connectivity index (χ2v) is 3.05. The second-order valence-electron chi connectivity index (χ2n) is 3.05. The van der Waals surface area contributed by atoms with Crippen LogP contribution in [0.3, 0.4) is 0 Å². The van der Waals surface area contributed by atoms with Gasteiger partial charge in [0.25, 0.3) is 5.88 Å². The molecule has 0 radical (unpaired) electrons. The molecule has 0 saturated heterocycles. The third kappa shape index (κ3) is 3.40. The lowest BCUT2D eigenvalue weighted by molar-refractivity contribution is 0.141. The molecule has 0 saturated carbocycles. The van der Waals surface area contributed by atoms with E-state index < -0.39 is 0 Å². The smallest absolute Gasteiger partial charge is 0.257 e. The van der Waals surface area contributed by atoms with Gasteiger partial charge in [-0.3, -0.25) is 0 Å². The monoisotopic (exact) mass is 211 g/mol. The molecule has 0 aliphatic heterocycles. The third-order valence-electron chi connectivity index (χ3n) is 2.03. The van der Waals surface area contributed by atoms with E-state index in [4.69, 9.17) is 14.2 Å². The molecular weight excluding hydrogens is 194 g/mol. The summed E-state index contributed by atoms with van der Waals surface area (Å²) in [5.41, 5.74) is 1.13.